The van der Waals surface area contributed by atoms with Gasteiger partial charge in [0.15, 0.2) is 0 Å². The maximum Gasteiger partial charge on any atom is 0.449 e. The zero-order valence-electron chi connectivity index (χ0n) is 23.2. The van der Waals surface area contributed by atoms with E-state index in [1.807, 2.05) is 0 Å². The van der Waals surface area contributed by atoms with Gasteiger partial charge in [-0.1, -0.05) is 16.3 Å². The zero-order valence-corrected chi connectivity index (χ0v) is 26.5. The Morgan fingerprint density at radius 2 is 1.02 bits per heavy atom. The summed E-state index contributed by atoms with van der Waals surface area (Å²) < 4.78 is 333. The molecule has 0 aromatic heterocycles. The summed E-state index contributed by atoms with van der Waals surface area (Å²) in [6.45, 7) is 0. The summed E-state index contributed by atoms with van der Waals surface area (Å²) in [5.74, 6) is -20.9. The summed E-state index contributed by atoms with van der Waals surface area (Å²) >= 11 is -1.95. The molecular weight excluding hydrogens is 868 g/mol. The third kappa shape index (κ3) is 8.30. The fraction of sp³-hybridized carbons (Fsp3) is 0.400. The van der Waals surface area contributed by atoms with E-state index < -0.39 is 119 Å². The largest absolute Gasteiger partial charge is 0.449 e. The van der Waals surface area contributed by atoms with Crippen molar-refractivity contribution in [2.24, 2.45) is 0 Å². The predicted molar refractivity (Wildman–Crippen MR) is 129 cm³/mol. The summed E-state index contributed by atoms with van der Waals surface area (Å²) in [4.78, 5) is -5.77. The number of rotatable bonds is 16. The van der Waals surface area contributed by atoms with Crippen LogP contribution < -0.4 is 4.13 Å². The summed E-state index contributed by atoms with van der Waals surface area (Å²) in [6, 6.07) is 0.759. The van der Waals surface area contributed by atoms with Crippen LogP contribution in [0.15, 0.2) is 57.2 Å². The molecule has 0 saturated carbocycles. The smallest absolute Gasteiger partial charge is 0.282 e. The van der Waals surface area contributed by atoms with Crippen LogP contribution in [-0.2, 0) is 39.6 Å². The summed E-state index contributed by atoms with van der Waals surface area (Å²) in [5.41, 5.74) is 0. The molecule has 0 radical (unpaired) electrons. The highest BCUT2D eigenvalue weighted by Crippen LogP contribution is 2.58. The summed E-state index contributed by atoms with van der Waals surface area (Å²) in [6.07, 6.45) is -31.8. The highest BCUT2D eigenvalue weighted by molar-refractivity contribution is 8.05. The van der Waals surface area contributed by atoms with E-state index in [2.05, 4.69) is 0 Å². The Balaban J connectivity index is 2.47. The first-order chi connectivity index (χ1) is 22.7. The van der Waals surface area contributed by atoms with Crippen molar-refractivity contribution in [1.82, 2.24) is 4.13 Å². The van der Waals surface area contributed by atoms with E-state index >= 15 is 0 Å². The number of benzene rings is 2. The van der Waals surface area contributed by atoms with E-state index in [4.69, 9.17) is 4.55 Å². The van der Waals surface area contributed by atoms with Crippen LogP contribution in [0.2, 0.25) is 0 Å². The summed E-state index contributed by atoms with van der Waals surface area (Å²) in [5, 5.41) is -14.3. The van der Waals surface area contributed by atoms with Crippen molar-refractivity contribution in [3.63, 3.8) is 0 Å². The molecule has 10 nitrogen and oxygen atoms in total. The normalized spacial score (nSPS) is 15.2. The Morgan fingerprint density at radius 1 is 0.596 bits per heavy atom. The number of halogens is 18. The van der Waals surface area contributed by atoms with E-state index in [1.54, 1.807) is 4.74 Å². The van der Waals surface area contributed by atoms with Gasteiger partial charge in [-0.25, -0.2) is 35.1 Å². The molecule has 0 saturated heterocycles. The highest BCUT2D eigenvalue weighted by atomic mass is 32.3. The quantitative estimate of drug-likeness (QED) is 0.109. The minimum Gasteiger partial charge on any atom is -0.282 e. The molecule has 0 aliphatic rings. The molecule has 32 heteroatoms. The lowest BCUT2D eigenvalue weighted by Gasteiger charge is -2.38. The third-order valence-electron chi connectivity index (χ3n) is 5.42. The molecule has 52 heavy (non-hydrogen) atoms. The van der Waals surface area contributed by atoms with Crippen molar-refractivity contribution in [2.75, 3.05) is 0 Å². The molecule has 0 amide bonds. The number of sulfonamides is 2. The lowest BCUT2D eigenvalue weighted by molar-refractivity contribution is -0.523. The molecule has 2 rings (SSSR count). The second kappa shape index (κ2) is 13.5. The average Bonchev–Trinajstić information content (AvgIpc) is 2.92. The molecular formula is C20H9F18NO9S4. The molecule has 298 valence electrons. The van der Waals surface area contributed by atoms with E-state index in [9.17, 15) is 104 Å². The Labute approximate surface area is 279 Å². The number of ether oxygens (including phenoxy) is 2. The molecule has 0 aliphatic carbocycles. The van der Waals surface area contributed by atoms with Crippen LogP contribution in [0.25, 0.3) is 0 Å². The van der Waals surface area contributed by atoms with Gasteiger partial charge < -0.3 is 0 Å². The third-order valence-corrected chi connectivity index (χ3v) is 11.1. The zero-order chi connectivity index (χ0) is 41.2. The number of alkyl halides is 16. The van der Waals surface area contributed by atoms with Crippen LogP contribution in [-0.4, -0.2) is 76.6 Å². The van der Waals surface area contributed by atoms with E-state index in [1.165, 1.54) is 4.74 Å². The fourth-order valence-electron chi connectivity index (χ4n) is 2.97. The molecule has 0 fully saturated rings. The van der Waals surface area contributed by atoms with Gasteiger partial charge >= 0.3 is 46.8 Å². The predicted octanol–water partition coefficient (Wildman–Crippen LogP) is 6.47. The SMILES string of the molecule is O=S(=O)(O)c1ccccc1S(=O)(=O)NS(=O)(=O)C(F)(F)C(F)(F)OC(F)(F)C(F)(F)C(F)(F)C(F)(F)OC(F)(F)C(F)(F)Sc1ccc(F)cc1F. The lowest BCUT2D eigenvalue weighted by Crippen LogP contribution is -2.67. The van der Waals surface area contributed by atoms with Crippen LogP contribution >= 0.6 is 11.8 Å². The Kier molecular flexibility index (Phi) is 11.8. The topological polar surface area (TPSA) is 153 Å². The first-order valence-electron chi connectivity index (χ1n) is 11.6. The minimum atomic E-state index is -8.62. The van der Waals surface area contributed by atoms with Crippen LogP contribution in [0.1, 0.15) is 0 Å². The minimum absolute atomic E-state index is 0.0358. The Bertz CT molecular complexity index is 2010. The molecule has 2 N–H and O–H groups in total. The van der Waals surface area contributed by atoms with Gasteiger partial charge in [-0.05, 0) is 36.0 Å². The van der Waals surface area contributed by atoms with Crippen LogP contribution in [0.3, 0.4) is 0 Å². The van der Waals surface area contributed by atoms with Gasteiger partial charge in [-0.15, -0.1) is 0 Å². The van der Waals surface area contributed by atoms with Gasteiger partial charge in [0, 0.05) is 11.0 Å². The number of nitrogens with one attached hydrogen (secondary N) is 1. The second-order valence-electron chi connectivity index (χ2n) is 9.14. The molecule has 0 atom stereocenters. The summed E-state index contributed by atoms with van der Waals surface area (Å²) in [7, 11) is -20.3. The Morgan fingerprint density at radius 3 is 1.44 bits per heavy atom. The van der Waals surface area contributed by atoms with Crippen molar-refractivity contribution in [3.8, 4) is 0 Å². The van der Waals surface area contributed by atoms with Crippen molar-refractivity contribution in [1.29, 1.82) is 0 Å². The van der Waals surface area contributed by atoms with Gasteiger partial charge in [-0.3, -0.25) is 4.55 Å². The molecule has 0 aliphatic heterocycles. The average molecular weight is 878 g/mol. The van der Waals surface area contributed by atoms with Gasteiger partial charge in [0.1, 0.15) is 21.4 Å². The maximum atomic E-state index is 14.3. The highest BCUT2D eigenvalue weighted by Gasteiger charge is 2.87. The van der Waals surface area contributed by atoms with Gasteiger partial charge in [-0.2, -0.15) is 78.7 Å². The lowest BCUT2D eigenvalue weighted by atomic mass is 10.1. The van der Waals surface area contributed by atoms with Gasteiger partial charge in [0.2, 0.25) is 0 Å². The Hall–Kier alpha value is -2.78. The molecule has 0 unspecified atom stereocenters. The van der Waals surface area contributed by atoms with Crippen molar-refractivity contribution in [2.45, 2.75) is 61.5 Å². The van der Waals surface area contributed by atoms with E-state index in [0.717, 1.165) is 0 Å². The molecule has 2 aromatic carbocycles. The fourth-order valence-corrected chi connectivity index (χ4v) is 7.80. The van der Waals surface area contributed by atoms with Crippen LogP contribution in [0, 0.1) is 11.6 Å². The van der Waals surface area contributed by atoms with E-state index in [-0.39, 0.29) is 30.3 Å². The molecule has 2 aromatic rings. The van der Waals surface area contributed by atoms with Crippen LogP contribution in [0.5, 0.6) is 0 Å². The van der Waals surface area contributed by atoms with Crippen LogP contribution in [0.4, 0.5) is 79.0 Å². The number of hydrogen-bond donors (Lipinski definition) is 2. The molecule has 0 spiro atoms. The number of thioether (sulfide) groups is 1. The number of hydrogen-bond acceptors (Lipinski definition) is 9. The van der Waals surface area contributed by atoms with Gasteiger partial charge in [0.25, 0.3) is 30.2 Å². The maximum absolute atomic E-state index is 14.3. The molecule has 0 heterocycles. The van der Waals surface area contributed by atoms with Crippen molar-refractivity contribution >= 4 is 41.9 Å². The van der Waals surface area contributed by atoms with Crippen molar-refractivity contribution in [3.05, 3.63) is 54.1 Å². The first-order valence-corrected chi connectivity index (χ1v) is 16.9. The van der Waals surface area contributed by atoms with E-state index in [0.29, 0.717) is 12.1 Å². The monoisotopic (exact) mass is 877 g/mol. The van der Waals surface area contributed by atoms with Crippen molar-refractivity contribution < 1.29 is 118 Å². The second-order valence-corrected chi connectivity index (χ2v) is 15.3. The van der Waals surface area contributed by atoms with Gasteiger partial charge in [0.05, 0.1) is 0 Å². The molecule has 0 bridgehead atoms. The first kappa shape index (κ1) is 45.4. The standard InChI is InChI=1S/C20H9F18NO9S4/c21-8-5-6-10(9(22)7-8)49-19(35,36)17(31,32)47-15(27,28)13(23,24)14(25,26)16(29,30)48-18(33,34)20(37,38)52(45,46)39-50(40,41)11-3-1-2-4-12(11)51(42,43)44/h1-7,39H,(H,42,43,44).